The molecule has 1 aromatic heterocycles. The highest BCUT2D eigenvalue weighted by atomic mass is 32.2. The van der Waals surface area contributed by atoms with Crippen molar-refractivity contribution in [2.45, 2.75) is 63.5 Å². The van der Waals surface area contributed by atoms with Crippen LogP contribution in [0.25, 0.3) is 0 Å². The number of aliphatic hydroxyl groups is 1. The summed E-state index contributed by atoms with van der Waals surface area (Å²) in [7, 11) is -2.26. The van der Waals surface area contributed by atoms with E-state index in [1.807, 2.05) is 44.2 Å². The highest BCUT2D eigenvalue weighted by Crippen LogP contribution is 2.22. The number of rotatable bonds is 11. The molecule has 5 atom stereocenters. The van der Waals surface area contributed by atoms with Crippen LogP contribution in [0.15, 0.2) is 42.5 Å². The SMILES string of the molecule is CC[C@H](C)Nc1cc(C(=O)NC(Cc2ccccc2)C(O)C2NCCC2F)cc(N(C)S(C)(=O)=O)n1. The first kappa shape index (κ1) is 27.8. The fraction of sp³-hybridized carbons (Fsp3) is 0.520. The molecule has 198 valence electrons. The van der Waals surface area contributed by atoms with Crippen molar-refractivity contribution >= 4 is 27.6 Å². The predicted molar refractivity (Wildman–Crippen MR) is 140 cm³/mol. The van der Waals surface area contributed by atoms with E-state index < -0.39 is 40.3 Å². The molecule has 0 saturated carbocycles. The van der Waals surface area contributed by atoms with Crippen LogP contribution in [0.5, 0.6) is 0 Å². The highest BCUT2D eigenvalue weighted by molar-refractivity contribution is 7.92. The zero-order chi connectivity index (χ0) is 26.5. The zero-order valence-corrected chi connectivity index (χ0v) is 21.9. The fourth-order valence-corrected chi connectivity index (χ4v) is 4.50. The number of carbonyl (C=O) groups is 1. The molecule has 1 aliphatic heterocycles. The Morgan fingerprint density at radius 2 is 2.00 bits per heavy atom. The molecule has 1 aromatic carbocycles. The Kier molecular flexibility index (Phi) is 9.26. The summed E-state index contributed by atoms with van der Waals surface area (Å²) in [6.07, 6.45) is 0.0281. The lowest BCUT2D eigenvalue weighted by Gasteiger charge is -2.30. The van der Waals surface area contributed by atoms with Crippen LogP contribution >= 0.6 is 0 Å². The molecular weight excluding hydrogens is 485 g/mol. The zero-order valence-electron chi connectivity index (χ0n) is 21.1. The Morgan fingerprint density at radius 3 is 2.58 bits per heavy atom. The summed E-state index contributed by atoms with van der Waals surface area (Å²) in [4.78, 5) is 17.8. The molecule has 2 heterocycles. The lowest BCUT2D eigenvalue weighted by atomic mass is 9.94. The number of amides is 1. The number of benzene rings is 1. The van der Waals surface area contributed by atoms with Gasteiger partial charge in [0.2, 0.25) is 10.0 Å². The number of alkyl halides is 1. The van der Waals surface area contributed by atoms with Crippen LogP contribution < -0.4 is 20.3 Å². The van der Waals surface area contributed by atoms with Gasteiger partial charge in [0.1, 0.15) is 17.8 Å². The number of sulfonamides is 1. The Balaban J connectivity index is 1.93. The van der Waals surface area contributed by atoms with E-state index in [4.69, 9.17) is 0 Å². The van der Waals surface area contributed by atoms with Crippen molar-refractivity contribution in [2.24, 2.45) is 0 Å². The number of nitrogens with zero attached hydrogens (tertiary/aromatic N) is 2. The third-order valence-corrected chi connectivity index (χ3v) is 7.67. The van der Waals surface area contributed by atoms with Crippen LogP contribution in [0.4, 0.5) is 16.0 Å². The lowest BCUT2D eigenvalue weighted by molar-refractivity contribution is 0.0593. The maximum Gasteiger partial charge on any atom is 0.251 e. The van der Waals surface area contributed by atoms with Gasteiger partial charge < -0.3 is 21.1 Å². The van der Waals surface area contributed by atoms with Crippen LogP contribution in [0, 0.1) is 0 Å². The Morgan fingerprint density at radius 1 is 1.31 bits per heavy atom. The number of hydrogen-bond donors (Lipinski definition) is 4. The molecule has 9 nitrogen and oxygen atoms in total. The van der Waals surface area contributed by atoms with Crippen molar-refractivity contribution in [2.75, 3.05) is 29.5 Å². The topological polar surface area (TPSA) is 124 Å². The second kappa shape index (κ2) is 12.0. The van der Waals surface area contributed by atoms with Gasteiger partial charge in [-0.1, -0.05) is 37.3 Å². The van der Waals surface area contributed by atoms with Gasteiger partial charge in [-0.25, -0.2) is 17.8 Å². The van der Waals surface area contributed by atoms with Gasteiger partial charge in [-0.2, -0.15) is 0 Å². The van der Waals surface area contributed by atoms with Gasteiger partial charge in [0.05, 0.1) is 24.4 Å². The van der Waals surface area contributed by atoms with Gasteiger partial charge in [-0.05, 0) is 50.4 Å². The number of carbonyl (C=O) groups excluding carboxylic acids is 1. The minimum atomic E-state index is -3.62. The molecule has 1 fully saturated rings. The molecule has 3 rings (SSSR count). The first-order chi connectivity index (χ1) is 17.0. The molecule has 11 heteroatoms. The van der Waals surface area contributed by atoms with E-state index in [9.17, 15) is 22.7 Å². The lowest BCUT2D eigenvalue weighted by Crippen LogP contribution is -2.54. The van der Waals surface area contributed by atoms with Crippen LogP contribution in [0.2, 0.25) is 0 Å². The summed E-state index contributed by atoms with van der Waals surface area (Å²) in [6.45, 7) is 4.39. The van der Waals surface area contributed by atoms with Crippen LogP contribution in [-0.4, -0.2) is 74.7 Å². The molecule has 0 bridgehead atoms. The van der Waals surface area contributed by atoms with Crippen LogP contribution in [0.3, 0.4) is 0 Å². The Hall–Kier alpha value is -2.76. The average Bonchev–Trinajstić information content (AvgIpc) is 3.28. The summed E-state index contributed by atoms with van der Waals surface area (Å²) < 4.78 is 39.7. The van der Waals surface area contributed by atoms with Crippen molar-refractivity contribution < 1.29 is 22.7 Å². The second-order valence-electron chi connectivity index (χ2n) is 9.33. The predicted octanol–water partition coefficient (Wildman–Crippen LogP) is 2.09. The fourth-order valence-electron chi connectivity index (χ4n) is 4.06. The third kappa shape index (κ3) is 7.14. The summed E-state index contributed by atoms with van der Waals surface area (Å²) >= 11 is 0. The largest absolute Gasteiger partial charge is 0.389 e. The number of anilines is 2. The molecular formula is C25H36FN5O4S. The van der Waals surface area contributed by atoms with Gasteiger partial charge in [-0.15, -0.1) is 0 Å². The molecule has 2 aromatic rings. The molecule has 0 spiro atoms. The number of hydrogen-bond acceptors (Lipinski definition) is 7. The van der Waals surface area contributed by atoms with Gasteiger partial charge >= 0.3 is 0 Å². The van der Waals surface area contributed by atoms with Crippen molar-refractivity contribution in [3.05, 3.63) is 53.6 Å². The second-order valence-corrected chi connectivity index (χ2v) is 11.3. The third-order valence-electron chi connectivity index (χ3n) is 6.49. The minimum absolute atomic E-state index is 0.0368. The van der Waals surface area contributed by atoms with E-state index in [0.29, 0.717) is 18.8 Å². The number of halogens is 1. The maximum atomic E-state index is 14.4. The average molecular weight is 522 g/mol. The summed E-state index contributed by atoms with van der Waals surface area (Å²) in [5, 5.41) is 20.1. The van der Waals surface area contributed by atoms with Crippen molar-refractivity contribution in [1.29, 1.82) is 0 Å². The van der Waals surface area contributed by atoms with Crippen LogP contribution in [0.1, 0.15) is 42.6 Å². The van der Waals surface area contributed by atoms with Gasteiger partial charge in [-0.3, -0.25) is 9.10 Å². The van der Waals surface area contributed by atoms with E-state index in [1.54, 1.807) is 6.07 Å². The van der Waals surface area contributed by atoms with Crippen molar-refractivity contribution in [1.82, 2.24) is 15.6 Å². The molecule has 1 aliphatic rings. The smallest absolute Gasteiger partial charge is 0.251 e. The number of aromatic nitrogens is 1. The highest BCUT2D eigenvalue weighted by Gasteiger charge is 2.37. The van der Waals surface area contributed by atoms with Crippen molar-refractivity contribution in [3.63, 3.8) is 0 Å². The summed E-state index contributed by atoms with van der Waals surface area (Å²) in [5.41, 5.74) is 1.05. The summed E-state index contributed by atoms with van der Waals surface area (Å²) in [5.74, 6) is -0.0949. The van der Waals surface area contributed by atoms with Gasteiger partial charge in [0, 0.05) is 18.7 Å². The number of nitrogens with one attached hydrogen (secondary N) is 3. The normalized spacial score (nSPS) is 20.4. The quantitative estimate of drug-likeness (QED) is 0.357. The molecule has 0 aliphatic carbocycles. The first-order valence-corrected chi connectivity index (χ1v) is 14.0. The Bertz CT molecular complexity index is 1130. The standard InChI is InChI=1S/C25H36FN5O4S/c1-5-16(2)28-21-14-18(15-22(30-21)31(3)36(4,34)35)25(33)29-20(13-17-9-7-6-8-10-17)24(32)23-19(26)11-12-27-23/h6-10,14-16,19-20,23-24,27,32H,5,11-13H2,1-4H3,(H,28,30)(H,29,33)/t16-,19?,20?,23?,24?/m0/s1. The van der Waals surface area contributed by atoms with Crippen LogP contribution in [-0.2, 0) is 16.4 Å². The molecule has 1 amide bonds. The van der Waals surface area contributed by atoms with Gasteiger partial charge in [0.25, 0.3) is 5.91 Å². The summed E-state index contributed by atoms with van der Waals surface area (Å²) in [6, 6.07) is 10.7. The van der Waals surface area contributed by atoms with E-state index in [0.717, 1.165) is 22.5 Å². The Labute approximate surface area is 212 Å². The van der Waals surface area contributed by atoms with Gasteiger partial charge in [0.15, 0.2) is 0 Å². The molecule has 36 heavy (non-hydrogen) atoms. The monoisotopic (exact) mass is 521 g/mol. The van der Waals surface area contributed by atoms with Crippen molar-refractivity contribution in [3.8, 4) is 0 Å². The molecule has 4 N–H and O–H groups in total. The van der Waals surface area contributed by atoms with E-state index in [1.165, 1.54) is 13.1 Å². The van der Waals surface area contributed by atoms with E-state index >= 15 is 0 Å². The number of aliphatic hydroxyl groups excluding tert-OH is 1. The molecule has 0 radical (unpaired) electrons. The molecule has 4 unspecified atom stereocenters. The first-order valence-electron chi connectivity index (χ1n) is 12.1. The number of pyridine rings is 1. The minimum Gasteiger partial charge on any atom is -0.389 e. The van der Waals surface area contributed by atoms with E-state index in [-0.39, 0.29) is 23.8 Å². The molecule has 1 saturated heterocycles. The van der Waals surface area contributed by atoms with E-state index in [2.05, 4.69) is 20.9 Å². The maximum absolute atomic E-state index is 14.4.